The molecule has 0 heterocycles. The Balaban J connectivity index is 2.17. The second-order valence-corrected chi connectivity index (χ2v) is 6.05. The molecule has 1 aliphatic rings. The van der Waals surface area contributed by atoms with Crippen molar-refractivity contribution < 1.29 is 9.72 Å². The molecule has 0 fully saturated rings. The lowest BCUT2D eigenvalue weighted by Crippen LogP contribution is -2.28. The van der Waals surface area contributed by atoms with E-state index in [0.717, 1.165) is 24.0 Å². The Morgan fingerprint density at radius 1 is 1.04 bits per heavy atom. The van der Waals surface area contributed by atoms with E-state index in [-0.39, 0.29) is 29.1 Å². The van der Waals surface area contributed by atoms with Crippen LogP contribution in [0.15, 0.2) is 48.5 Å². The molecule has 4 heteroatoms. The van der Waals surface area contributed by atoms with Gasteiger partial charge in [-0.2, -0.15) is 0 Å². The van der Waals surface area contributed by atoms with Crippen LogP contribution in [0.5, 0.6) is 0 Å². The number of nitro groups is 1. The van der Waals surface area contributed by atoms with Crippen LogP contribution in [0.3, 0.4) is 0 Å². The summed E-state index contributed by atoms with van der Waals surface area (Å²) in [4.78, 5) is 23.6. The molecule has 0 aliphatic heterocycles. The van der Waals surface area contributed by atoms with Crippen LogP contribution in [0.2, 0.25) is 0 Å². The van der Waals surface area contributed by atoms with Crippen LogP contribution in [-0.2, 0) is 0 Å². The summed E-state index contributed by atoms with van der Waals surface area (Å²) >= 11 is 0. The minimum atomic E-state index is -0.234. The van der Waals surface area contributed by atoms with E-state index in [1.165, 1.54) is 0 Å². The SMILES string of the molecule is CCCC(C[N+](=O)[O-])C1c2ccccc2C(=O)c2ccccc21. The fraction of sp³-hybridized carbons (Fsp3) is 0.316. The van der Waals surface area contributed by atoms with Gasteiger partial charge in [-0.25, -0.2) is 0 Å². The van der Waals surface area contributed by atoms with Gasteiger partial charge in [0.15, 0.2) is 5.78 Å². The van der Waals surface area contributed by atoms with Gasteiger partial charge in [-0.3, -0.25) is 14.9 Å². The van der Waals surface area contributed by atoms with Gasteiger partial charge in [-0.05, 0) is 17.5 Å². The maximum absolute atomic E-state index is 12.7. The van der Waals surface area contributed by atoms with Gasteiger partial charge in [-0.15, -0.1) is 0 Å². The van der Waals surface area contributed by atoms with E-state index in [0.29, 0.717) is 11.1 Å². The molecule has 23 heavy (non-hydrogen) atoms. The number of benzene rings is 2. The highest BCUT2D eigenvalue weighted by molar-refractivity contribution is 6.12. The normalized spacial score (nSPS) is 14.9. The van der Waals surface area contributed by atoms with E-state index in [2.05, 4.69) is 0 Å². The van der Waals surface area contributed by atoms with Gasteiger partial charge in [0, 0.05) is 27.9 Å². The number of rotatable bonds is 5. The molecule has 3 rings (SSSR count). The molecular weight excluding hydrogens is 290 g/mol. The maximum Gasteiger partial charge on any atom is 0.207 e. The summed E-state index contributed by atoms with van der Waals surface area (Å²) in [6.45, 7) is 1.97. The van der Waals surface area contributed by atoms with Crippen LogP contribution >= 0.6 is 0 Å². The van der Waals surface area contributed by atoms with Gasteiger partial charge in [-0.1, -0.05) is 61.9 Å². The van der Waals surface area contributed by atoms with Crippen LogP contribution in [0, 0.1) is 16.0 Å². The smallest absolute Gasteiger partial charge is 0.207 e. The van der Waals surface area contributed by atoms with Gasteiger partial charge >= 0.3 is 0 Å². The van der Waals surface area contributed by atoms with Gasteiger partial charge in [0.2, 0.25) is 6.54 Å². The quantitative estimate of drug-likeness (QED) is 0.618. The average molecular weight is 309 g/mol. The Kier molecular flexibility index (Phi) is 4.24. The van der Waals surface area contributed by atoms with Crippen LogP contribution < -0.4 is 0 Å². The summed E-state index contributed by atoms with van der Waals surface area (Å²) in [5, 5.41) is 11.2. The minimum Gasteiger partial charge on any atom is -0.289 e. The van der Waals surface area contributed by atoms with Crippen molar-refractivity contribution in [2.75, 3.05) is 6.54 Å². The van der Waals surface area contributed by atoms with Crippen molar-refractivity contribution in [3.8, 4) is 0 Å². The summed E-state index contributed by atoms with van der Waals surface area (Å²) in [5.41, 5.74) is 3.22. The molecule has 1 atom stereocenters. The van der Waals surface area contributed by atoms with Crippen molar-refractivity contribution in [2.45, 2.75) is 25.7 Å². The van der Waals surface area contributed by atoms with Gasteiger partial charge in [0.05, 0.1) is 0 Å². The molecule has 1 aliphatic carbocycles. The average Bonchev–Trinajstić information content (AvgIpc) is 2.55. The standard InChI is InChI=1S/C19H19NO3/c1-2-7-13(12-20(22)23)18-14-8-3-5-10-16(14)19(21)17-11-6-4-9-15(17)18/h3-6,8-11,13,18H,2,7,12H2,1H3. The molecule has 0 N–H and O–H groups in total. The van der Waals surface area contributed by atoms with Crippen LogP contribution in [0.4, 0.5) is 0 Å². The zero-order chi connectivity index (χ0) is 16.4. The Hall–Kier alpha value is -2.49. The highest BCUT2D eigenvalue weighted by atomic mass is 16.6. The van der Waals surface area contributed by atoms with E-state index in [1.54, 1.807) is 0 Å². The zero-order valence-corrected chi connectivity index (χ0v) is 13.1. The summed E-state index contributed by atoms with van der Waals surface area (Å²) in [6.07, 6.45) is 1.65. The second-order valence-electron chi connectivity index (χ2n) is 6.05. The third kappa shape index (κ3) is 2.77. The lowest BCUT2D eigenvalue weighted by molar-refractivity contribution is -0.488. The fourth-order valence-corrected chi connectivity index (χ4v) is 3.70. The third-order valence-corrected chi connectivity index (χ3v) is 4.60. The largest absolute Gasteiger partial charge is 0.289 e. The van der Waals surface area contributed by atoms with Crippen molar-refractivity contribution in [1.82, 2.24) is 0 Å². The van der Waals surface area contributed by atoms with Crippen molar-refractivity contribution in [2.24, 2.45) is 5.92 Å². The van der Waals surface area contributed by atoms with Crippen molar-refractivity contribution in [3.05, 3.63) is 80.9 Å². The maximum atomic E-state index is 12.7. The molecule has 118 valence electrons. The molecule has 1 unspecified atom stereocenters. The lowest BCUT2D eigenvalue weighted by Gasteiger charge is -2.31. The Bertz CT molecular complexity index is 704. The van der Waals surface area contributed by atoms with Gasteiger partial charge in [0.1, 0.15) is 0 Å². The number of carbonyl (C=O) groups is 1. The molecule has 4 nitrogen and oxygen atoms in total. The molecule has 2 aromatic rings. The highest BCUT2D eigenvalue weighted by Crippen LogP contribution is 2.42. The molecule has 0 spiro atoms. The van der Waals surface area contributed by atoms with E-state index in [9.17, 15) is 14.9 Å². The third-order valence-electron chi connectivity index (χ3n) is 4.60. The second kappa shape index (κ2) is 6.32. The Morgan fingerprint density at radius 3 is 2.04 bits per heavy atom. The Labute approximate surface area is 135 Å². The first-order valence-electron chi connectivity index (χ1n) is 7.97. The molecule has 0 bridgehead atoms. The minimum absolute atomic E-state index is 0.0174. The first-order chi connectivity index (χ1) is 11.1. The summed E-state index contributed by atoms with van der Waals surface area (Å²) in [6, 6.07) is 15.1. The number of nitrogens with zero attached hydrogens (tertiary/aromatic N) is 1. The summed E-state index contributed by atoms with van der Waals surface area (Å²) in [5.74, 6) is -0.181. The predicted octanol–water partition coefficient (Wildman–Crippen LogP) is 4.06. The summed E-state index contributed by atoms with van der Waals surface area (Å²) < 4.78 is 0. The Morgan fingerprint density at radius 2 is 1.57 bits per heavy atom. The number of fused-ring (bicyclic) bond motifs is 2. The molecule has 0 aromatic heterocycles. The van der Waals surface area contributed by atoms with Crippen LogP contribution in [0.25, 0.3) is 0 Å². The summed E-state index contributed by atoms with van der Waals surface area (Å²) in [7, 11) is 0. The first kappa shape index (κ1) is 15.4. The molecule has 0 amide bonds. The van der Waals surface area contributed by atoms with E-state index >= 15 is 0 Å². The lowest BCUT2D eigenvalue weighted by atomic mass is 9.70. The van der Waals surface area contributed by atoms with Crippen molar-refractivity contribution in [1.29, 1.82) is 0 Å². The molecule has 0 radical (unpaired) electrons. The van der Waals surface area contributed by atoms with Crippen molar-refractivity contribution in [3.63, 3.8) is 0 Å². The number of carbonyl (C=O) groups excluding carboxylic acids is 1. The van der Waals surface area contributed by atoms with E-state index < -0.39 is 0 Å². The number of ketones is 1. The number of hydrogen-bond acceptors (Lipinski definition) is 3. The topological polar surface area (TPSA) is 60.2 Å². The van der Waals surface area contributed by atoms with E-state index in [1.807, 2.05) is 55.5 Å². The van der Waals surface area contributed by atoms with E-state index in [4.69, 9.17) is 0 Å². The monoisotopic (exact) mass is 309 g/mol. The van der Waals surface area contributed by atoms with Crippen molar-refractivity contribution >= 4 is 5.78 Å². The van der Waals surface area contributed by atoms with Crippen LogP contribution in [-0.4, -0.2) is 17.3 Å². The zero-order valence-electron chi connectivity index (χ0n) is 13.1. The molecule has 2 aromatic carbocycles. The first-order valence-corrected chi connectivity index (χ1v) is 7.97. The predicted molar refractivity (Wildman–Crippen MR) is 88.4 cm³/mol. The highest BCUT2D eigenvalue weighted by Gasteiger charge is 2.36. The fourth-order valence-electron chi connectivity index (χ4n) is 3.70. The van der Waals surface area contributed by atoms with Gasteiger partial charge < -0.3 is 0 Å². The van der Waals surface area contributed by atoms with Gasteiger partial charge in [0.25, 0.3) is 0 Å². The molecule has 0 saturated heterocycles. The molecular formula is C19H19NO3. The number of hydrogen-bond donors (Lipinski definition) is 0. The molecule has 0 saturated carbocycles. The van der Waals surface area contributed by atoms with Crippen LogP contribution in [0.1, 0.15) is 52.7 Å².